The number of Topliss-reactive ketones (excluding diaryl/α,β-unsaturated/α-hetero) is 1. The third-order valence-electron chi connectivity index (χ3n) is 5.31. The topological polar surface area (TPSA) is 78.5 Å². The zero-order valence-corrected chi connectivity index (χ0v) is 18.4. The smallest absolute Gasteiger partial charge is 0.319 e. The van der Waals surface area contributed by atoms with Gasteiger partial charge in [0.2, 0.25) is 5.91 Å². The molecule has 1 fully saturated rings. The van der Waals surface area contributed by atoms with Gasteiger partial charge in [0.05, 0.1) is 4.88 Å². The number of amides is 3. The molecular weight excluding hydrogens is 398 g/mol. The van der Waals surface area contributed by atoms with Crippen molar-refractivity contribution < 1.29 is 14.4 Å². The Labute approximate surface area is 181 Å². The van der Waals surface area contributed by atoms with Gasteiger partial charge < -0.3 is 15.5 Å². The van der Waals surface area contributed by atoms with E-state index in [1.807, 2.05) is 55.1 Å². The molecule has 0 bridgehead atoms. The number of aryl methyl sites for hydroxylation is 2. The van der Waals surface area contributed by atoms with Gasteiger partial charge in [-0.1, -0.05) is 17.7 Å². The zero-order chi connectivity index (χ0) is 21.5. The summed E-state index contributed by atoms with van der Waals surface area (Å²) in [6.07, 6.45) is 2.37. The number of anilines is 1. The van der Waals surface area contributed by atoms with Crippen LogP contribution in [0.3, 0.4) is 0 Å². The van der Waals surface area contributed by atoms with Crippen LogP contribution in [0.15, 0.2) is 36.4 Å². The maximum Gasteiger partial charge on any atom is 0.319 e. The first-order valence-corrected chi connectivity index (χ1v) is 11.2. The highest BCUT2D eigenvalue weighted by Gasteiger charge is 2.24. The standard InChI is InChI=1S/C23H29N3O3S/c1-16-5-8-19(9-6-16)25-23(29)24-14-18-4-3-13-26(15-18)22(28)12-10-20(27)21-11-7-17(2)30-21/h5-9,11,18H,3-4,10,12-15H2,1-2H3,(H2,24,25,29). The average molecular weight is 428 g/mol. The van der Waals surface area contributed by atoms with Crippen molar-refractivity contribution in [2.24, 2.45) is 5.92 Å². The molecule has 0 saturated carbocycles. The Bertz CT molecular complexity index is 891. The highest BCUT2D eigenvalue weighted by atomic mass is 32.1. The molecule has 30 heavy (non-hydrogen) atoms. The van der Waals surface area contributed by atoms with E-state index >= 15 is 0 Å². The van der Waals surface area contributed by atoms with Crippen LogP contribution in [0.1, 0.15) is 45.8 Å². The largest absolute Gasteiger partial charge is 0.342 e. The second-order valence-corrected chi connectivity index (χ2v) is 9.17. The Balaban J connectivity index is 1.40. The van der Waals surface area contributed by atoms with Crippen molar-refractivity contribution in [1.82, 2.24) is 10.2 Å². The fourth-order valence-electron chi connectivity index (χ4n) is 3.59. The van der Waals surface area contributed by atoms with Gasteiger partial charge in [-0.2, -0.15) is 0 Å². The van der Waals surface area contributed by atoms with Crippen LogP contribution in [0, 0.1) is 19.8 Å². The Morgan fingerprint density at radius 2 is 1.83 bits per heavy atom. The highest BCUT2D eigenvalue weighted by Crippen LogP contribution is 2.20. The molecule has 7 heteroatoms. The van der Waals surface area contributed by atoms with Crippen LogP contribution < -0.4 is 10.6 Å². The van der Waals surface area contributed by atoms with Crippen LogP contribution in [-0.2, 0) is 4.79 Å². The summed E-state index contributed by atoms with van der Waals surface area (Å²) in [6.45, 7) is 5.83. The lowest BCUT2D eigenvalue weighted by atomic mass is 9.97. The lowest BCUT2D eigenvalue weighted by Crippen LogP contribution is -2.44. The van der Waals surface area contributed by atoms with E-state index in [9.17, 15) is 14.4 Å². The number of carbonyl (C=O) groups is 3. The van der Waals surface area contributed by atoms with Crippen LogP contribution in [-0.4, -0.2) is 42.3 Å². The summed E-state index contributed by atoms with van der Waals surface area (Å²) >= 11 is 1.47. The third-order valence-corrected chi connectivity index (χ3v) is 6.36. The van der Waals surface area contributed by atoms with Crippen molar-refractivity contribution in [2.75, 3.05) is 25.0 Å². The quantitative estimate of drug-likeness (QED) is 0.644. The Morgan fingerprint density at radius 1 is 1.07 bits per heavy atom. The van der Waals surface area contributed by atoms with Gasteiger partial charge in [0, 0.05) is 43.0 Å². The number of urea groups is 1. The summed E-state index contributed by atoms with van der Waals surface area (Å²) in [5.74, 6) is 0.275. The van der Waals surface area contributed by atoms with E-state index in [1.54, 1.807) is 0 Å². The predicted molar refractivity (Wildman–Crippen MR) is 120 cm³/mol. The maximum atomic E-state index is 12.6. The highest BCUT2D eigenvalue weighted by molar-refractivity contribution is 7.14. The average Bonchev–Trinajstić information content (AvgIpc) is 3.18. The van der Waals surface area contributed by atoms with Crippen molar-refractivity contribution in [3.8, 4) is 0 Å². The second-order valence-electron chi connectivity index (χ2n) is 7.88. The molecule has 0 spiro atoms. The number of hydrogen-bond donors (Lipinski definition) is 2. The number of hydrogen-bond acceptors (Lipinski definition) is 4. The van der Waals surface area contributed by atoms with Crippen LogP contribution in [0.25, 0.3) is 0 Å². The number of rotatable bonds is 7. The van der Waals surface area contributed by atoms with E-state index in [0.717, 1.165) is 40.4 Å². The monoisotopic (exact) mass is 427 g/mol. The van der Waals surface area contributed by atoms with Gasteiger partial charge in [-0.15, -0.1) is 11.3 Å². The molecule has 1 aliphatic rings. The van der Waals surface area contributed by atoms with E-state index in [2.05, 4.69) is 10.6 Å². The van der Waals surface area contributed by atoms with Crippen molar-refractivity contribution in [2.45, 2.75) is 39.5 Å². The Kier molecular flexibility index (Phi) is 7.63. The molecule has 6 nitrogen and oxygen atoms in total. The summed E-state index contributed by atoms with van der Waals surface area (Å²) in [7, 11) is 0. The van der Waals surface area contributed by atoms with Gasteiger partial charge in [0.1, 0.15) is 0 Å². The minimum atomic E-state index is -0.237. The Hall–Kier alpha value is -2.67. The first-order valence-electron chi connectivity index (χ1n) is 10.4. The number of ketones is 1. The fourth-order valence-corrected chi connectivity index (χ4v) is 4.43. The van der Waals surface area contributed by atoms with Crippen LogP contribution in [0.2, 0.25) is 0 Å². The van der Waals surface area contributed by atoms with E-state index < -0.39 is 0 Å². The molecule has 2 N–H and O–H groups in total. The molecule has 1 aromatic heterocycles. The van der Waals surface area contributed by atoms with Crippen molar-refractivity contribution in [3.05, 3.63) is 51.7 Å². The van der Waals surface area contributed by atoms with Crippen LogP contribution in [0.5, 0.6) is 0 Å². The molecule has 2 aromatic rings. The maximum absolute atomic E-state index is 12.6. The minimum absolute atomic E-state index is 0.0189. The molecule has 1 aliphatic heterocycles. The molecule has 1 unspecified atom stereocenters. The first kappa shape index (κ1) is 22.0. The SMILES string of the molecule is Cc1ccc(NC(=O)NCC2CCCN(C(=O)CCC(=O)c3ccc(C)s3)C2)cc1. The molecular formula is C23H29N3O3S. The molecule has 2 heterocycles. The molecule has 1 aromatic carbocycles. The minimum Gasteiger partial charge on any atom is -0.342 e. The number of piperidine rings is 1. The molecule has 1 saturated heterocycles. The lowest BCUT2D eigenvalue weighted by molar-refractivity contribution is -0.132. The molecule has 3 rings (SSSR count). The van der Waals surface area contributed by atoms with Crippen molar-refractivity contribution >= 4 is 34.7 Å². The van der Waals surface area contributed by atoms with Crippen LogP contribution in [0.4, 0.5) is 10.5 Å². The lowest BCUT2D eigenvalue weighted by Gasteiger charge is -2.33. The summed E-state index contributed by atoms with van der Waals surface area (Å²) < 4.78 is 0. The van der Waals surface area contributed by atoms with Gasteiger partial charge >= 0.3 is 6.03 Å². The predicted octanol–water partition coefficient (Wildman–Crippen LogP) is 4.39. The van der Waals surface area contributed by atoms with E-state index in [1.165, 1.54) is 11.3 Å². The normalized spacial score (nSPS) is 16.2. The molecule has 160 valence electrons. The molecule has 0 radical (unpaired) electrons. The first-order chi connectivity index (χ1) is 14.4. The number of carbonyl (C=O) groups excluding carboxylic acids is 3. The molecule has 3 amide bonds. The number of nitrogens with zero attached hydrogens (tertiary/aromatic N) is 1. The molecule has 0 aliphatic carbocycles. The van der Waals surface area contributed by atoms with E-state index in [0.29, 0.717) is 13.1 Å². The van der Waals surface area contributed by atoms with Gasteiger partial charge in [-0.25, -0.2) is 4.79 Å². The van der Waals surface area contributed by atoms with Gasteiger partial charge in [0.15, 0.2) is 5.78 Å². The number of nitrogens with one attached hydrogen (secondary N) is 2. The van der Waals surface area contributed by atoms with E-state index in [4.69, 9.17) is 0 Å². The summed E-state index contributed by atoms with van der Waals surface area (Å²) in [5.41, 5.74) is 1.89. The van der Waals surface area contributed by atoms with Crippen LogP contribution >= 0.6 is 11.3 Å². The van der Waals surface area contributed by atoms with Gasteiger partial charge in [0.25, 0.3) is 0 Å². The zero-order valence-electron chi connectivity index (χ0n) is 17.6. The molecule has 1 atom stereocenters. The number of likely N-dealkylation sites (tertiary alicyclic amines) is 1. The van der Waals surface area contributed by atoms with Crippen molar-refractivity contribution in [3.63, 3.8) is 0 Å². The number of benzene rings is 1. The third kappa shape index (κ3) is 6.42. The van der Waals surface area contributed by atoms with E-state index in [-0.39, 0.29) is 36.5 Å². The number of thiophene rings is 1. The second kappa shape index (κ2) is 10.4. The summed E-state index contributed by atoms with van der Waals surface area (Å²) in [5, 5.41) is 5.73. The Morgan fingerprint density at radius 3 is 2.53 bits per heavy atom. The van der Waals surface area contributed by atoms with Crippen molar-refractivity contribution in [1.29, 1.82) is 0 Å². The van der Waals surface area contributed by atoms with Gasteiger partial charge in [-0.3, -0.25) is 9.59 Å². The summed E-state index contributed by atoms with van der Waals surface area (Å²) in [4.78, 5) is 40.6. The fraction of sp³-hybridized carbons (Fsp3) is 0.435. The summed E-state index contributed by atoms with van der Waals surface area (Å²) in [6, 6.07) is 11.2. The van der Waals surface area contributed by atoms with Gasteiger partial charge in [-0.05, 0) is 56.9 Å².